The number of thiophene rings is 1. The van der Waals surface area contributed by atoms with E-state index in [1.54, 1.807) is 0 Å². The Kier molecular flexibility index (Phi) is 6.22. The minimum atomic E-state index is -0.452. The molecule has 128 valence electrons. The van der Waals surface area contributed by atoms with Crippen LogP contribution in [0.3, 0.4) is 0 Å². The normalized spacial score (nSPS) is 24.5. The van der Waals surface area contributed by atoms with Crippen molar-refractivity contribution in [2.75, 3.05) is 6.61 Å². The maximum absolute atomic E-state index is 12.0. The molecule has 23 heavy (non-hydrogen) atoms. The van der Waals surface area contributed by atoms with Crippen LogP contribution in [0.5, 0.6) is 0 Å². The molecular weight excluding hydrogens is 312 g/mol. The molecule has 1 aliphatic carbocycles. The summed E-state index contributed by atoms with van der Waals surface area (Å²) in [4.78, 5) is 24.5. The Morgan fingerprint density at radius 3 is 2.70 bits per heavy atom. The molecule has 1 saturated carbocycles. The molecule has 0 saturated heterocycles. The molecule has 0 spiro atoms. The fraction of sp³-hybridized carbons (Fsp3) is 0.667. The van der Waals surface area contributed by atoms with E-state index in [0.29, 0.717) is 22.6 Å². The van der Waals surface area contributed by atoms with Crippen LogP contribution in [0.25, 0.3) is 0 Å². The van der Waals surface area contributed by atoms with Crippen molar-refractivity contribution < 1.29 is 19.1 Å². The first kappa shape index (κ1) is 18.0. The highest BCUT2D eigenvalue weighted by Crippen LogP contribution is 2.35. The van der Waals surface area contributed by atoms with Gasteiger partial charge in [-0.2, -0.15) is 0 Å². The monoisotopic (exact) mass is 338 g/mol. The number of rotatable bonds is 5. The molecule has 1 fully saturated rings. The van der Waals surface area contributed by atoms with E-state index >= 15 is 0 Å². The second kappa shape index (κ2) is 7.95. The topological polar surface area (TPSA) is 52.6 Å². The molecule has 1 aromatic rings. The van der Waals surface area contributed by atoms with E-state index in [4.69, 9.17) is 9.47 Å². The van der Waals surface area contributed by atoms with Gasteiger partial charge in [-0.1, -0.05) is 27.2 Å². The zero-order valence-electron chi connectivity index (χ0n) is 14.3. The van der Waals surface area contributed by atoms with Gasteiger partial charge in [0, 0.05) is 0 Å². The first-order valence-electron chi connectivity index (χ1n) is 8.29. The SMILES string of the molecule is Cc1ccsc1C(=O)OCC(=O)OC1CC(C)CCC1C(C)C. The summed E-state index contributed by atoms with van der Waals surface area (Å²) in [6.07, 6.45) is 3.11. The molecule has 0 amide bonds. The zero-order chi connectivity index (χ0) is 17.0. The number of esters is 2. The van der Waals surface area contributed by atoms with E-state index in [2.05, 4.69) is 20.8 Å². The summed E-state index contributed by atoms with van der Waals surface area (Å²) < 4.78 is 10.7. The number of hydrogen-bond donors (Lipinski definition) is 0. The van der Waals surface area contributed by atoms with Crippen LogP contribution in [0.2, 0.25) is 0 Å². The largest absolute Gasteiger partial charge is 0.460 e. The van der Waals surface area contributed by atoms with Crippen molar-refractivity contribution in [3.8, 4) is 0 Å². The third-order valence-corrected chi connectivity index (χ3v) is 5.61. The van der Waals surface area contributed by atoms with Gasteiger partial charge in [0.15, 0.2) is 6.61 Å². The molecule has 0 aromatic carbocycles. The Labute approximate surface area is 142 Å². The van der Waals surface area contributed by atoms with Gasteiger partial charge >= 0.3 is 11.9 Å². The fourth-order valence-corrected chi connectivity index (χ4v) is 4.04. The Morgan fingerprint density at radius 2 is 2.09 bits per heavy atom. The number of hydrogen-bond acceptors (Lipinski definition) is 5. The van der Waals surface area contributed by atoms with E-state index in [0.717, 1.165) is 18.4 Å². The van der Waals surface area contributed by atoms with E-state index in [-0.39, 0.29) is 12.7 Å². The first-order valence-corrected chi connectivity index (χ1v) is 9.17. The lowest BCUT2D eigenvalue weighted by Crippen LogP contribution is -2.36. The molecule has 0 bridgehead atoms. The van der Waals surface area contributed by atoms with E-state index in [1.807, 2.05) is 18.4 Å². The summed E-state index contributed by atoms with van der Waals surface area (Å²) in [6, 6.07) is 1.86. The molecule has 0 aliphatic heterocycles. The molecule has 1 heterocycles. The molecule has 1 aromatic heterocycles. The highest BCUT2D eigenvalue weighted by Gasteiger charge is 2.33. The Hall–Kier alpha value is -1.36. The Bertz CT molecular complexity index is 549. The molecule has 2 rings (SSSR count). The molecular formula is C18H26O4S. The van der Waals surface area contributed by atoms with Crippen LogP contribution in [0.15, 0.2) is 11.4 Å². The molecule has 3 atom stereocenters. The molecule has 5 heteroatoms. The van der Waals surface area contributed by atoms with Crippen molar-refractivity contribution in [2.45, 2.75) is 53.1 Å². The van der Waals surface area contributed by atoms with Crippen molar-refractivity contribution in [3.63, 3.8) is 0 Å². The van der Waals surface area contributed by atoms with Gasteiger partial charge in [-0.05, 0) is 54.5 Å². The molecule has 3 unspecified atom stereocenters. The van der Waals surface area contributed by atoms with Crippen LogP contribution in [0, 0.1) is 24.7 Å². The van der Waals surface area contributed by atoms with Gasteiger partial charge in [-0.3, -0.25) is 0 Å². The standard InChI is InChI=1S/C18H26O4S/c1-11(2)14-6-5-12(3)9-15(14)22-16(19)10-21-18(20)17-13(4)7-8-23-17/h7-8,11-12,14-15H,5-6,9-10H2,1-4H3. The minimum absolute atomic E-state index is 0.0616. The third kappa shape index (κ3) is 4.80. The lowest BCUT2D eigenvalue weighted by Gasteiger charge is -2.36. The summed E-state index contributed by atoms with van der Waals surface area (Å²) in [5, 5.41) is 1.83. The zero-order valence-corrected chi connectivity index (χ0v) is 15.2. The summed E-state index contributed by atoms with van der Waals surface area (Å²) >= 11 is 1.32. The van der Waals surface area contributed by atoms with Crippen LogP contribution in [0.4, 0.5) is 0 Å². The van der Waals surface area contributed by atoms with Crippen molar-refractivity contribution in [2.24, 2.45) is 17.8 Å². The van der Waals surface area contributed by atoms with Crippen molar-refractivity contribution in [1.82, 2.24) is 0 Å². The lowest BCUT2D eigenvalue weighted by atomic mass is 9.75. The van der Waals surface area contributed by atoms with Crippen molar-refractivity contribution in [1.29, 1.82) is 0 Å². The van der Waals surface area contributed by atoms with E-state index in [9.17, 15) is 9.59 Å². The van der Waals surface area contributed by atoms with Crippen LogP contribution in [-0.4, -0.2) is 24.6 Å². The Balaban J connectivity index is 1.85. The summed E-state index contributed by atoms with van der Waals surface area (Å²) in [5.41, 5.74) is 0.870. The number of ether oxygens (including phenoxy) is 2. The van der Waals surface area contributed by atoms with Gasteiger partial charge in [-0.15, -0.1) is 11.3 Å². The number of carbonyl (C=O) groups excluding carboxylic acids is 2. The van der Waals surface area contributed by atoms with E-state index < -0.39 is 11.9 Å². The van der Waals surface area contributed by atoms with Gasteiger partial charge in [0.2, 0.25) is 0 Å². The van der Waals surface area contributed by atoms with Crippen molar-refractivity contribution in [3.05, 3.63) is 21.9 Å². The summed E-state index contributed by atoms with van der Waals surface area (Å²) in [6.45, 7) is 8.06. The van der Waals surface area contributed by atoms with Gasteiger partial charge in [0.25, 0.3) is 0 Å². The molecule has 4 nitrogen and oxygen atoms in total. The van der Waals surface area contributed by atoms with Gasteiger partial charge < -0.3 is 9.47 Å². The van der Waals surface area contributed by atoms with E-state index in [1.165, 1.54) is 17.8 Å². The highest BCUT2D eigenvalue weighted by atomic mass is 32.1. The van der Waals surface area contributed by atoms with Crippen molar-refractivity contribution >= 4 is 23.3 Å². The summed E-state index contributed by atoms with van der Waals surface area (Å²) in [7, 11) is 0. The van der Waals surface area contributed by atoms with Crippen LogP contribution < -0.4 is 0 Å². The quantitative estimate of drug-likeness (QED) is 0.754. The van der Waals surface area contributed by atoms with Crippen LogP contribution in [0.1, 0.15) is 55.3 Å². The molecule has 1 aliphatic rings. The lowest BCUT2D eigenvalue weighted by molar-refractivity contribution is -0.159. The molecule has 0 radical (unpaired) electrons. The van der Waals surface area contributed by atoms with Gasteiger partial charge in [0.05, 0.1) is 0 Å². The first-order chi connectivity index (χ1) is 10.9. The second-order valence-corrected chi connectivity index (χ2v) is 7.78. The predicted octanol–water partition coefficient (Wildman–Crippen LogP) is 4.22. The average molecular weight is 338 g/mol. The Morgan fingerprint density at radius 1 is 1.35 bits per heavy atom. The predicted molar refractivity (Wildman–Crippen MR) is 90.6 cm³/mol. The third-order valence-electron chi connectivity index (χ3n) is 4.61. The molecule has 0 N–H and O–H groups in total. The van der Waals surface area contributed by atoms with Gasteiger partial charge in [-0.25, -0.2) is 9.59 Å². The highest BCUT2D eigenvalue weighted by molar-refractivity contribution is 7.12. The second-order valence-electron chi connectivity index (χ2n) is 6.86. The van der Waals surface area contributed by atoms with Gasteiger partial charge in [0.1, 0.15) is 11.0 Å². The summed E-state index contributed by atoms with van der Waals surface area (Å²) in [5.74, 6) is 0.547. The van der Waals surface area contributed by atoms with Crippen LogP contribution >= 0.6 is 11.3 Å². The maximum atomic E-state index is 12.0. The average Bonchev–Trinajstić information content (AvgIpc) is 2.90. The fourth-order valence-electron chi connectivity index (χ4n) is 3.22. The number of carbonyl (C=O) groups is 2. The van der Waals surface area contributed by atoms with Crippen LogP contribution in [-0.2, 0) is 14.3 Å². The maximum Gasteiger partial charge on any atom is 0.349 e. The number of aryl methyl sites for hydroxylation is 1. The smallest absolute Gasteiger partial charge is 0.349 e. The minimum Gasteiger partial charge on any atom is -0.460 e.